The van der Waals surface area contributed by atoms with E-state index in [2.05, 4.69) is 19.0 Å². The highest BCUT2D eigenvalue weighted by Gasteiger charge is 2.27. The van der Waals surface area contributed by atoms with Gasteiger partial charge in [0.1, 0.15) is 0 Å². The molecular formula is C12H19NO. The minimum Gasteiger partial charge on any atom is -0.306 e. The summed E-state index contributed by atoms with van der Waals surface area (Å²) in [5.41, 5.74) is 2.65. The van der Waals surface area contributed by atoms with Crippen molar-refractivity contribution < 1.29 is 4.79 Å². The first-order valence-electron chi connectivity index (χ1n) is 5.59. The van der Waals surface area contributed by atoms with Crippen LogP contribution >= 0.6 is 0 Å². The molecule has 78 valence electrons. The van der Waals surface area contributed by atoms with E-state index in [-0.39, 0.29) is 0 Å². The van der Waals surface area contributed by atoms with E-state index < -0.39 is 0 Å². The van der Waals surface area contributed by atoms with Crippen molar-refractivity contribution in [2.45, 2.75) is 44.6 Å². The molecule has 0 bridgehead atoms. The summed E-state index contributed by atoms with van der Waals surface area (Å²) in [6.45, 7) is 0. The maximum atomic E-state index is 11.6. The number of nitrogens with zero attached hydrogens (tertiary/aromatic N) is 1. The fourth-order valence-electron chi connectivity index (χ4n) is 2.64. The summed E-state index contributed by atoms with van der Waals surface area (Å²) in [4.78, 5) is 13.9. The van der Waals surface area contributed by atoms with Crippen molar-refractivity contribution in [1.29, 1.82) is 0 Å². The Hall–Kier alpha value is -0.630. The first kappa shape index (κ1) is 9.91. The average molecular weight is 193 g/mol. The molecule has 0 aliphatic heterocycles. The molecule has 0 fully saturated rings. The molecule has 0 spiro atoms. The summed E-state index contributed by atoms with van der Waals surface area (Å²) < 4.78 is 0. The van der Waals surface area contributed by atoms with E-state index in [1.54, 1.807) is 0 Å². The number of carbonyl (C=O) groups excluding carboxylic acids is 1. The Morgan fingerprint density at radius 1 is 1.21 bits per heavy atom. The third kappa shape index (κ3) is 1.76. The zero-order valence-electron chi connectivity index (χ0n) is 9.18. The molecule has 2 aliphatic rings. The standard InChI is InChI=1S/C12H19NO/c1-13(2)10-6-7-11-9(8-10)4-3-5-12(11)14/h10H,3-8H2,1-2H3. The van der Waals surface area contributed by atoms with Crippen molar-refractivity contribution in [3.63, 3.8) is 0 Å². The largest absolute Gasteiger partial charge is 0.306 e. The van der Waals surface area contributed by atoms with Crippen molar-refractivity contribution in [2.24, 2.45) is 0 Å². The lowest BCUT2D eigenvalue weighted by atomic mass is 9.79. The lowest BCUT2D eigenvalue weighted by Gasteiger charge is -2.33. The molecule has 2 rings (SSSR count). The van der Waals surface area contributed by atoms with Crippen molar-refractivity contribution in [2.75, 3.05) is 14.1 Å². The maximum Gasteiger partial charge on any atom is 0.158 e. The number of Topliss-reactive ketones (excluding diaryl/α,β-unsaturated/α-hetero) is 1. The molecule has 2 aliphatic carbocycles. The van der Waals surface area contributed by atoms with Crippen LogP contribution in [0.15, 0.2) is 11.1 Å². The van der Waals surface area contributed by atoms with Crippen LogP contribution in [0.25, 0.3) is 0 Å². The predicted molar refractivity (Wildman–Crippen MR) is 57.2 cm³/mol. The molecule has 0 radical (unpaired) electrons. The number of rotatable bonds is 1. The van der Waals surface area contributed by atoms with Crippen molar-refractivity contribution in [3.8, 4) is 0 Å². The number of allylic oxidation sites excluding steroid dienone is 1. The van der Waals surface area contributed by atoms with Gasteiger partial charge in [0.2, 0.25) is 0 Å². The molecule has 1 unspecified atom stereocenters. The van der Waals surface area contributed by atoms with Crippen molar-refractivity contribution in [3.05, 3.63) is 11.1 Å². The highest BCUT2D eigenvalue weighted by molar-refractivity contribution is 5.97. The molecule has 0 saturated heterocycles. The highest BCUT2D eigenvalue weighted by Crippen LogP contribution is 2.34. The van der Waals surface area contributed by atoms with Crippen LogP contribution in [0.1, 0.15) is 38.5 Å². The second-order valence-corrected chi connectivity index (χ2v) is 4.72. The lowest BCUT2D eigenvalue weighted by molar-refractivity contribution is -0.116. The van der Waals surface area contributed by atoms with Crippen LogP contribution in [0.4, 0.5) is 0 Å². The molecular weight excluding hydrogens is 174 g/mol. The quantitative estimate of drug-likeness (QED) is 0.636. The zero-order chi connectivity index (χ0) is 10.1. The van der Waals surface area contributed by atoms with Gasteiger partial charge in [-0.05, 0) is 51.8 Å². The van der Waals surface area contributed by atoms with Gasteiger partial charge in [0.25, 0.3) is 0 Å². The van der Waals surface area contributed by atoms with Gasteiger partial charge in [0, 0.05) is 12.5 Å². The van der Waals surface area contributed by atoms with Crippen LogP contribution in [0.3, 0.4) is 0 Å². The second kappa shape index (κ2) is 3.85. The van der Waals surface area contributed by atoms with Gasteiger partial charge in [-0.2, -0.15) is 0 Å². The topological polar surface area (TPSA) is 20.3 Å². The molecule has 0 amide bonds. The van der Waals surface area contributed by atoms with Gasteiger partial charge in [-0.1, -0.05) is 5.57 Å². The fraction of sp³-hybridized carbons (Fsp3) is 0.750. The summed E-state index contributed by atoms with van der Waals surface area (Å²) >= 11 is 0. The number of hydrogen-bond acceptors (Lipinski definition) is 2. The van der Waals surface area contributed by atoms with Crippen LogP contribution in [-0.2, 0) is 4.79 Å². The molecule has 0 heterocycles. The molecule has 14 heavy (non-hydrogen) atoms. The van der Waals surface area contributed by atoms with Gasteiger partial charge in [-0.3, -0.25) is 4.79 Å². The van der Waals surface area contributed by atoms with Crippen LogP contribution in [0.5, 0.6) is 0 Å². The minimum absolute atomic E-state index is 0.434. The van der Waals surface area contributed by atoms with Gasteiger partial charge in [-0.25, -0.2) is 0 Å². The summed E-state index contributed by atoms with van der Waals surface area (Å²) in [5, 5.41) is 0. The Morgan fingerprint density at radius 2 is 2.00 bits per heavy atom. The van der Waals surface area contributed by atoms with Gasteiger partial charge in [0.05, 0.1) is 0 Å². The summed E-state index contributed by atoms with van der Waals surface area (Å²) in [6.07, 6.45) is 6.37. The first-order chi connectivity index (χ1) is 6.68. The van der Waals surface area contributed by atoms with Crippen molar-refractivity contribution >= 4 is 5.78 Å². The zero-order valence-corrected chi connectivity index (χ0v) is 9.18. The Morgan fingerprint density at radius 3 is 2.71 bits per heavy atom. The summed E-state index contributed by atoms with van der Waals surface area (Å²) in [6, 6.07) is 0.666. The van der Waals surface area contributed by atoms with E-state index in [0.717, 1.165) is 32.1 Å². The van der Waals surface area contributed by atoms with E-state index in [4.69, 9.17) is 0 Å². The van der Waals surface area contributed by atoms with Crippen LogP contribution in [0.2, 0.25) is 0 Å². The number of hydrogen-bond donors (Lipinski definition) is 0. The molecule has 0 aromatic carbocycles. The summed E-state index contributed by atoms with van der Waals surface area (Å²) in [5.74, 6) is 0.434. The molecule has 2 heteroatoms. The molecule has 0 aromatic rings. The maximum absolute atomic E-state index is 11.6. The van der Waals surface area contributed by atoms with Gasteiger partial charge < -0.3 is 4.90 Å². The fourth-order valence-corrected chi connectivity index (χ4v) is 2.64. The Bertz CT molecular complexity index is 278. The third-order valence-corrected chi connectivity index (χ3v) is 3.59. The van der Waals surface area contributed by atoms with Gasteiger partial charge >= 0.3 is 0 Å². The van der Waals surface area contributed by atoms with Crippen molar-refractivity contribution in [1.82, 2.24) is 4.90 Å². The Balaban J connectivity index is 2.15. The lowest BCUT2D eigenvalue weighted by Crippen LogP contribution is -2.32. The normalized spacial score (nSPS) is 28.2. The SMILES string of the molecule is CN(C)C1CCC2=C(CCCC2=O)C1. The smallest absolute Gasteiger partial charge is 0.158 e. The summed E-state index contributed by atoms with van der Waals surface area (Å²) in [7, 11) is 4.28. The predicted octanol–water partition coefficient (Wildman–Crippen LogP) is 2.15. The second-order valence-electron chi connectivity index (χ2n) is 4.72. The van der Waals surface area contributed by atoms with E-state index >= 15 is 0 Å². The van der Waals surface area contributed by atoms with Gasteiger partial charge in [-0.15, -0.1) is 0 Å². The van der Waals surface area contributed by atoms with Crippen LogP contribution < -0.4 is 0 Å². The number of carbonyl (C=O) groups is 1. The first-order valence-corrected chi connectivity index (χ1v) is 5.59. The van der Waals surface area contributed by atoms with E-state index in [0.29, 0.717) is 11.8 Å². The minimum atomic E-state index is 0.434. The molecule has 0 N–H and O–H groups in total. The monoisotopic (exact) mass is 193 g/mol. The Kier molecular flexibility index (Phi) is 2.73. The average Bonchev–Trinajstić information content (AvgIpc) is 2.17. The molecule has 0 saturated carbocycles. The highest BCUT2D eigenvalue weighted by atomic mass is 16.1. The van der Waals surface area contributed by atoms with E-state index in [9.17, 15) is 4.79 Å². The number of ketones is 1. The third-order valence-electron chi connectivity index (χ3n) is 3.59. The Labute approximate surface area is 86.0 Å². The van der Waals surface area contributed by atoms with E-state index in [1.165, 1.54) is 17.6 Å². The van der Waals surface area contributed by atoms with Gasteiger partial charge in [0.15, 0.2) is 5.78 Å². The van der Waals surface area contributed by atoms with E-state index in [1.807, 2.05) is 0 Å². The van der Waals surface area contributed by atoms with Crippen LogP contribution in [-0.4, -0.2) is 30.8 Å². The molecule has 2 nitrogen and oxygen atoms in total. The van der Waals surface area contributed by atoms with Crippen LogP contribution in [0, 0.1) is 0 Å². The molecule has 1 atom stereocenters. The molecule has 0 aromatic heterocycles.